The summed E-state index contributed by atoms with van der Waals surface area (Å²) in [6.45, 7) is 2.33. The van der Waals surface area contributed by atoms with E-state index < -0.39 is 15.8 Å². The summed E-state index contributed by atoms with van der Waals surface area (Å²) < 4.78 is 27.9. The van der Waals surface area contributed by atoms with Gasteiger partial charge in [-0.15, -0.1) is 0 Å². The van der Waals surface area contributed by atoms with Gasteiger partial charge in [-0.25, -0.2) is 13.4 Å². The van der Waals surface area contributed by atoms with Crippen LogP contribution in [0, 0.1) is 5.92 Å². The molecule has 1 aromatic rings. The van der Waals surface area contributed by atoms with Crippen LogP contribution in [0.25, 0.3) is 0 Å². The van der Waals surface area contributed by atoms with E-state index in [-0.39, 0.29) is 17.4 Å². The molecule has 0 saturated carbocycles. The molecule has 20 heavy (non-hydrogen) atoms. The minimum absolute atomic E-state index is 0.0497. The Morgan fingerprint density at radius 1 is 1.50 bits per heavy atom. The van der Waals surface area contributed by atoms with Gasteiger partial charge in [-0.2, -0.15) is 0 Å². The molecule has 2 heterocycles. The van der Waals surface area contributed by atoms with Crippen LogP contribution in [-0.4, -0.2) is 44.5 Å². The molecule has 1 atom stereocenters. The van der Waals surface area contributed by atoms with E-state index in [1.54, 1.807) is 23.2 Å². The first-order chi connectivity index (χ1) is 9.46. The quantitative estimate of drug-likeness (QED) is 0.824. The first kappa shape index (κ1) is 14.8. The van der Waals surface area contributed by atoms with Crippen LogP contribution in [0.2, 0.25) is 0 Å². The van der Waals surface area contributed by atoms with Crippen molar-refractivity contribution in [2.75, 3.05) is 30.1 Å². The van der Waals surface area contributed by atoms with Gasteiger partial charge in [0.1, 0.15) is 0 Å². The minimum atomic E-state index is -3.06. The lowest BCUT2D eigenvalue weighted by Crippen LogP contribution is -2.36. The molecule has 0 spiro atoms. The molecule has 0 N–H and O–H groups in total. The van der Waals surface area contributed by atoms with Gasteiger partial charge in [-0.1, -0.05) is 0 Å². The number of carbonyl (C=O) groups excluding carboxylic acids is 1. The van der Waals surface area contributed by atoms with Crippen LogP contribution >= 0.6 is 0 Å². The number of ether oxygens (including phenoxy) is 1. The predicted octanol–water partition coefficient (Wildman–Crippen LogP) is 0.878. The predicted molar refractivity (Wildman–Crippen MR) is 75.6 cm³/mol. The van der Waals surface area contributed by atoms with Gasteiger partial charge < -0.3 is 9.64 Å². The van der Waals surface area contributed by atoms with Crippen LogP contribution < -0.4 is 9.64 Å². The number of hydrogen-bond donors (Lipinski definition) is 0. The summed E-state index contributed by atoms with van der Waals surface area (Å²) >= 11 is 0. The van der Waals surface area contributed by atoms with E-state index in [0.717, 1.165) is 0 Å². The highest BCUT2D eigenvalue weighted by molar-refractivity contribution is 7.91. The lowest BCUT2D eigenvalue weighted by Gasteiger charge is -2.23. The number of pyridine rings is 1. The largest absolute Gasteiger partial charge is 0.481 e. The van der Waals surface area contributed by atoms with E-state index in [4.69, 9.17) is 4.74 Å². The molecule has 7 heteroatoms. The molecule has 1 saturated heterocycles. The van der Waals surface area contributed by atoms with Crippen molar-refractivity contribution in [1.82, 2.24) is 4.98 Å². The maximum Gasteiger partial charge on any atom is 0.231 e. The van der Waals surface area contributed by atoms with Crippen molar-refractivity contribution < 1.29 is 17.9 Å². The third kappa shape index (κ3) is 3.09. The van der Waals surface area contributed by atoms with Crippen LogP contribution in [0.4, 0.5) is 5.69 Å². The fourth-order valence-corrected chi connectivity index (χ4v) is 4.06. The Kier molecular flexibility index (Phi) is 4.27. The van der Waals surface area contributed by atoms with Crippen molar-refractivity contribution in [2.24, 2.45) is 5.92 Å². The Labute approximate surface area is 118 Å². The van der Waals surface area contributed by atoms with Gasteiger partial charge in [0.15, 0.2) is 9.84 Å². The molecular formula is C13H18N2O4S. The van der Waals surface area contributed by atoms with Gasteiger partial charge in [0.2, 0.25) is 11.8 Å². The Morgan fingerprint density at radius 2 is 2.25 bits per heavy atom. The number of rotatable bonds is 4. The molecule has 0 unspecified atom stereocenters. The molecule has 6 nitrogen and oxygen atoms in total. The van der Waals surface area contributed by atoms with E-state index in [1.807, 2.05) is 6.92 Å². The second kappa shape index (κ2) is 5.78. The van der Waals surface area contributed by atoms with Crippen LogP contribution in [0.5, 0.6) is 5.88 Å². The van der Waals surface area contributed by atoms with Crippen molar-refractivity contribution in [3.63, 3.8) is 0 Å². The second-order valence-corrected chi connectivity index (χ2v) is 6.97. The third-order valence-corrected chi connectivity index (χ3v) is 5.17. The summed E-state index contributed by atoms with van der Waals surface area (Å²) in [5.74, 6) is -0.0726. The van der Waals surface area contributed by atoms with Crippen LogP contribution in [-0.2, 0) is 14.6 Å². The molecule has 1 fully saturated rings. The molecule has 110 valence electrons. The fourth-order valence-electron chi connectivity index (χ4n) is 2.33. The number of aromatic nitrogens is 1. The summed E-state index contributed by atoms with van der Waals surface area (Å²) in [4.78, 5) is 18.1. The average molecular weight is 298 g/mol. The maximum absolute atomic E-state index is 12.4. The summed E-state index contributed by atoms with van der Waals surface area (Å²) in [6.07, 6.45) is 1.96. The number of nitrogens with zero attached hydrogens (tertiary/aromatic N) is 2. The zero-order chi connectivity index (χ0) is 14.8. The smallest absolute Gasteiger partial charge is 0.231 e. The fraction of sp³-hybridized carbons (Fsp3) is 0.538. The third-order valence-electron chi connectivity index (χ3n) is 3.41. The normalized spacial score (nSPS) is 20.6. The summed E-state index contributed by atoms with van der Waals surface area (Å²) in [7, 11) is -1.54. The van der Waals surface area contributed by atoms with Crippen molar-refractivity contribution >= 4 is 21.4 Å². The van der Waals surface area contributed by atoms with Crippen molar-refractivity contribution in [1.29, 1.82) is 0 Å². The molecule has 2 rings (SSSR count). The summed E-state index contributed by atoms with van der Waals surface area (Å²) in [5.41, 5.74) is 0.655. The van der Waals surface area contributed by atoms with Crippen LogP contribution in [0.1, 0.15) is 13.3 Å². The van der Waals surface area contributed by atoms with Gasteiger partial charge >= 0.3 is 0 Å². The molecule has 1 aromatic heterocycles. The van der Waals surface area contributed by atoms with Gasteiger partial charge in [0.05, 0.1) is 36.4 Å². The van der Waals surface area contributed by atoms with Gasteiger partial charge in [0.25, 0.3) is 0 Å². The topological polar surface area (TPSA) is 76.6 Å². The average Bonchev–Trinajstić information content (AvgIpc) is 2.80. The molecular weight excluding hydrogens is 280 g/mol. The standard InChI is InChI=1S/C13H18N2O4S/c1-3-15(11-4-5-12(19-2)14-8-11)13(16)10-6-7-20(17,18)9-10/h4-5,8,10H,3,6-7,9H2,1-2H3/t10-/m0/s1. The number of carbonyl (C=O) groups is 1. The highest BCUT2D eigenvalue weighted by Crippen LogP contribution is 2.24. The lowest BCUT2D eigenvalue weighted by molar-refractivity contribution is -0.121. The zero-order valence-electron chi connectivity index (χ0n) is 11.6. The Bertz CT molecular complexity index is 583. The van der Waals surface area contributed by atoms with E-state index in [9.17, 15) is 13.2 Å². The molecule has 0 bridgehead atoms. The van der Waals surface area contributed by atoms with Crippen molar-refractivity contribution in [2.45, 2.75) is 13.3 Å². The van der Waals surface area contributed by atoms with Gasteiger partial charge in [-0.3, -0.25) is 4.79 Å². The number of sulfone groups is 1. The van der Waals surface area contributed by atoms with Crippen LogP contribution in [0.15, 0.2) is 18.3 Å². The Hall–Kier alpha value is -1.63. The van der Waals surface area contributed by atoms with Crippen molar-refractivity contribution in [3.05, 3.63) is 18.3 Å². The summed E-state index contributed by atoms with van der Waals surface area (Å²) in [5, 5.41) is 0. The minimum Gasteiger partial charge on any atom is -0.481 e. The highest BCUT2D eigenvalue weighted by Gasteiger charge is 2.35. The van der Waals surface area contributed by atoms with E-state index in [1.165, 1.54) is 7.11 Å². The second-order valence-electron chi connectivity index (χ2n) is 4.74. The number of anilines is 1. The first-order valence-corrected chi connectivity index (χ1v) is 8.31. The number of hydrogen-bond acceptors (Lipinski definition) is 5. The van der Waals surface area contributed by atoms with E-state index >= 15 is 0 Å². The monoisotopic (exact) mass is 298 g/mol. The van der Waals surface area contributed by atoms with Crippen LogP contribution in [0.3, 0.4) is 0 Å². The molecule has 1 aliphatic rings. The van der Waals surface area contributed by atoms with Crippen molar-refractivity contribution in [3.8, 4) is 5.88 Å². The Morgan fingerprint density at radius 3 is 2.70 bits per heavy atom. The number of amides is 1. The highest BCUT2D eigenvalue weighted by atomic mass is 32.2. The molecule has 1 amide bonds. The SMILES string of the molecule is CCN(C(=O)[C@H]1CCS(=O)(=O)C1)c1ccc(OC)nc1. The van der Waals surface area contributed by atoms with E-state index in [0.29, 0.717) is 24.5 Å². The lowest BCUT2D eigenvalue weighted by atomic mass is 10.1. The molecule has 1 aliphatic heterocycles. The molecule has 0 radical (unpaired) electrons. The van der Waals surface area contributed by atoms with Gasteiger partial charge in [0, 0.05) is 12.6 Å². The summed E-state index contributed by atoms with van der Waals surface area (Å²) in [6, 6.07) is 3.42. The van der Waals surface area contributed by atoms with E-state index in [2.05, 4.69) is 4.98 Å². The number of methoxy groups -OCH3 is 1. The van der Waals surface area contributed by atoms with Gasteiger partial charge in [-0.05, 0) is 19.4 Å². The molecule has 0 aromatic carbocycles. The Balaban J connectivity index is 2.17. The first-order valence-electron chi connectivity index (χ1n) is 6.48. The maximum atomic E-state index is 12.4. The molecule has 0 aliphatic carbocycles. The zero-order valence-corrected chi connectivity index (χ0v) is 12.4.